The first kappa shape index (κ1) is 18.9. The minimum Gasteiger partial charge on any atom is -0.465 e. The van der Waals surface area contributed by atoms with Gasteiger partial charge in [0.1, 0.15) is 10.5 Å². The molecule has 0 unspecified atom stereocenters. The lowest BCUT2D eigenvalue weighted by Gasteiger charge is -2.33. The van der Waals surface area contributed by atoms with Gasteiger partial charge in [-0.1, -0.05) is 91.0 Å². The lowest BCUT2D eigenvalue weighted by molar-refractivity contribution is -0.132. The van der Waals surface area contributed by atoms with E-state index in [1.807, 2.05) is 54.6 Å². The number of methoxy groups -OCH3 is 1. The van der Waals surface area contributed by atoms with Crippen LogP contribution < -0.4 is 0 Å². The normalized spacial score (nSPS) is 11.9. The number of carbonyl (C=O) groups excluding carboxylic acids is 1. The average Bonchev–Trinajstić information content (AvgIpc) is 2.75. The van der Waals surface area contributed by atoms with E-state index in [1.165, 1.54) is 19.1 Å². The number of ether oxygens (including phenoxy) is 1. The third-order valence-corrected chi connectivity index (χ3v) is 5.69. The summed E-state index contributed by atoms with van der Waals surface area (Å²) in [6.07, 6.45) is 0. The van der Waals surface area contributed by atoms with Gasteiger partial charge in [-0.05, 0) is 35.6 Å². The Balaban J connectivity index is 2.24. The lowest BCUT2D eigenvalue weighted by Crippen LogP contribution is -2.25. The van der Waals surface area contributed by atoms with Gasteiger partial charge in [0.25, 0.3) is 0 Å². The standard InChI is InChI=1S/C23H21NO2S/c1-18(22(25)26-2)24-27-23(19-12-6-3-7-13-19,20-14-8-4-9-15-20)21-16-10-5-11-17-21/h3-17H,1-2H3. The Morgan fingerprint density at radius 3 is 1.48 bits per heavy atom. The van der Waals surface area contributed by atoms with Crippen LogP contribution in [0.3, 0.4) is 0 Å². The van der Waals surface area contributed by atoms with Crippen LogP contribution in [-0.4, -0.2) is 18.8 Å². The van der Waals surface area contributed by atoms with Crippen molar-refractivity contribution in [2.45, 2.75) is 11.7 Å². The molecule has 0 heterocycles. The van der Waals surface area contributed by atoms with Crippen molar-refractivity contribution in [3.05, 3.63) is 108 Å². The van der Waals surface area contributed by atoms with Crippen LogP contribution in [0.1, 0.15) is 23.6 Å². The maximum Gasteiger partial charge on any atom is 0.352 e. The predicted octanol–water partition coefficient (Wildman–Crippen LogP) is 5.26. The fraction of sp³-hybridized carbons (Fsp3) is 0.130. The van der Waals surface area contributed by atoms with E-state index in [4.69, 9.17) is 4.74 Å². The van der Waals surface area contributed by atoms with Gasteiger partial charge in [-0.3, -0.25) is 0 Å². The monoisotopic (exact) mass is 375 g/mol. The Kier molecular flexibility index (Phi) is 6.09. The summed E-state index contributed by atoms with van der Waals surface area (Å²) in [5, 5.41) is 0. The number of rotatable bonds is 6. The van der Waals surface area contributed by atoms with Crippen LogP contribution in [-0.2, 0) is 14.3 Å². The zero-order valence-corrected chi connectivity index (χ0v) is 16.1. The van der Waals surface area contributed by atoms with Crippen molar-refractivity contribution < 1.29 is 9.53 Å². The highest BCUT2D eigenvalue weighted by molar-refractivity contribution is 7.99. The molecular weight excluding hydrogens is 354 g/mol. The van der Waals surface area contributed by atoms with Crippen LogP contribution in [0.2, 0.25) is 0 Å². The van der Waals surface area contributed by atoms with Crippen molar-refractivity contribution in [2.75, 3.05) is 7.11 Å². The SMILES string of the molecule is COC(=O)C(C)=NSC(c1ccccc1)(c1ccccc1)c1ccccc1. The van der Waals surface area contributed by atoms with Crippen molar-refractivity contribution in [3.8, 4) is 0 Å². The molecule has 0 aliphatic carbocycles. The second-order valence-electron chi connectivity index (χ2n) is 6.04. The molecule has 0 fully saturated rings. The molecule has 27 heavy (non-hydrogen) atoms. The highest BCUT2D eigenvalue weighted by Gasteiger charge is 2.37. The zero-order valence-electron chi connectivity index (χ0n) is 15.3. The molecule has 136 valence electrons. The predicted molar refractivity (Wildman–Crippen MR) is 112 cm³/mol. The van der Waals surface area contributed by atoms with Crippen LogP contribution in [0.15, 0.2) is 95.4 Å². The molecule has 0 aliphatic rings. The summed E-state index contributed by atoms with van der Waals surface area (Å²) in [5.41, 5.74) is 3.60. The van der Waals surface area contributed by atoms with Crippen LogP contribution in [0.25, 0.3) is 0 Å². The molecule has 0 atom stereocenters. The van der Waals surface area contributed by atoms with E-state index < -0.39 is 10.7 Å². The summed E-state index contributed by atoms with van der Waals surface area (Å²) >= 11 is 1.37. The Morgan fingerprint density at radius 1 is 0.778 bits per heavy atom. The summed E-state index contributed by atoms with van der Waals surface area (Å²) < 4.78 is 8.78. The summed E-state index contributed by atoms with van der Waals surface area (Å²) in [5.74, 6) is -0.425. The summed E-state index contributed by atoms with van der Waals surface area (Å²) in [6, 6.07) is 30.7. The molecule has 4 heteroatoms. The van der Waals surface area contributed by atoms with E-state index >= 15 is 0 Å². The fourth-order valence-corrected chi connectivity index (χ4v) is 4.07. The van der Waals surface area contributed by atoms with Crippen molar-refractivity contribution in [2.24, 2.45) is 4.40 Å². The molecule has 3 nitrogen and oxygen atoms in total. The molecule has 0 bridgehead atoms. The molecule has 0 aromatic heterocycles. The van der Waals surface area contributed by atoms with Crippen molar-refractivity contribution in [3.63, 3.8) is 0 Å². The number of hydrogen-bond donors (Lipinski definition) is 0. The third-order valence-electron chi connectivity index (χ3n) is 4.34. The molecule has 0 saturated carbocycles. The van der Waals surface area contributed by atoms with Crippen LogP contribution in [0, 0.1) is 0 Å². The second kappa shape index (κ2) is 8.69. The summed E-state index contributed by atoms with van der Waals surface area (Å²) in [4.78, 5) is 11.9. The van der Waals surface area contributed by atoms with Crippen LogP contribution in [0.5, 0.6) is 0 Å². The first-order valence-corrected chi connectivity index (χ1v) is 9.43. The Labute approximate surface area is 164 Å². The molecule has 0 radical (unpaired) electrons. The van der Waals surface area contributed by atoms with Gasteiger partial charge in [-0.2, -0.15) is 0 Å². The number of hydrogen-bond acceptors (Lipinski definition) is 4. The third kappa shape index (κ3) is 3.96. The van der Waals surface area contributed by atoms with E-state index in [-0.39, 0.29) is 0 Å². The van der Waals surface area contributed by atoms with Gasteiger partial charge < -0.3 is 4.74 Å². The van der Waals surface area contributed by atoms with Crippen molar-refractivity contribution in [1.29, 1.82) is 0 Å². The van der Waals surface area contributed by atoms with Gasteiger partial charge in [0.15, 0.2) is 0 Å². The van der Waals surface area contributed by atoms with Gasteiger partial charge >= 0.3 is 5.97 Å². The molecule has 0 aliphatic heterocycles. The highest BCUT2D eigenvalue weighted by atomic mass is 32.2. The Bertz CT molecular complexity index is 812. The van der Waals surface area contributed by atoms with Crippen molar-refractivity contribution in [1.82, 2.24) is 0 Å². The van der Waals surface area contributed by atoms with Crippen LogP contribution in [0.4, 0.5) is 0 Å². The number of benzene rings is 3. The van der Waals surface area contributed by atoms with E-state index in [0.717, 1.165) is 16.7 Å². The van der Waals surface area contributed by atoms with Gasteiger partial charge in [0, 0.05) is 0 Å². The summed E-state index contributed by atoms with van der Waals surface area (Å²) in [6.45, 7) is 1.67. The number of esters is 1. The quantitative estimate of drug-likeness (QED) is 0.255. The largest absolute Gasteiger partial charge is 0.465 e. The molecule has 0 saturated heterocycles. The van der Waals surface area contributed by atoms with Crippen LogP contribution >= 0.6 is 11.9 Å². The Morgan fingerprint density at radius 2 is 1.15 bits per heavy atom. The zero-order chi connectivity index (χ0) is 19.1. The minimum atomic E-state index is -0.584. The topological polar surface area (TPSA) is 38.7 Å². The average molecular weight is 375 g/mol. The molecular formula is C23H21NO2S. The smallest absolute Gasteiger partial charge is 0.352 e. The van der Waals surface area contributed by atoms with E-state index in [0.29, 0.717) is 5.71 Å². The van der Waals surface area contributed by atoms with Gasteiger partial charge in [-0.15, -0.1) is 0 Å². The molecule has 3 aromatic carbocycles. The van der Waals surface area contributed by atoms with Gasteiger partial charge in [0.2, 0.25) is 0 Å². The molecule has 0 amide bonds. The molecule has 3 aromatic rings. The molecule has 3 rings (SSSR count). The fourth-order valence-electron chi connectivity index (χ4n) is 3.00. The van der Waals surface area contributed by atoms with E-state index in [9.17, 15) is 4.79 Å². The molecule has 0 N–H and O–H groups in total. The minimum absolute atomic E-state index is 0.328. The Hall–Kier alpha value is -2.85. The lowest BCUT2D eigenvalue weighted by atomic mass is 9.84. The number of carbonyl (C=O) groups is 1. The first-order valence-electron chi connectivity index (χ1n) is 8.66. The highest BCUT2D eigenvalue weighted by Crippen LogP contribution is 2.48. The molecule has 0 spiro atoms. The van der Waals surface area contributed by atoms with E-state index in [2.05, 4.69) is 40.8 Å². The second-order valence-corrected chi connectivity index (χ2v) is 7.02. The van der Waals surface area contributed by atoms with Crippen molar-refractivity contribution >= 4 is 23.6 Å². The summed E-state index contributed by atoms with van der Waals surface area (Å²) in [7, 11) is 1.37. The van der Waals surface area contributed by atoms with Gasteiger partial charge in [0.05, 0.1) is 7.11 Å². The first-order chi connectivity index (χ1) is 13.2. The maximum atomic E-state index is 11.9. The number of nitrogens with zero attached hydrogens (tertiary/aromatic N) is 1. The maximum absolute atomic E-state index is 11.9. The van der Waals surface area contributed by atoms with E-state index in [1.54, 1.807) is 6.92 Å². The van der Waals surface area contributed by atoms with Gasteiger partial charge in [-0.25, -0.2) is 9.19 Å².